The van der Waals surface area contributed by atoms with Gasteiger partial charge in [0.25, 0.3) is 0 Å². The van der Waals surface area contributed by atoms with Gasteiger partial charge >= 0.3 is 0 Å². The summed E-state index contributed by atoms with van der Waals surface area (Å²) in [6.07, 6.45) is 8.93. The Balaban J connectivity index is 1.24. The number of aryl methyl sites for hydroxylation is 1. The van der Waals surface area contributed by atoms with Crippen molar-refractivity contribution in [1.82, 2.24) is 14.8 Å². The molecule has 1 amide bonds. The molecule has 3 aliphatic carbocycles. The van der Waals surface area contributed by atoms with Gasteiger partial charge < -0.3 is 5.32 Å². The molecule has 3 fully saturated rings. The van der Waals surface area contributed by atoms with Crippen LogP contribution in [0.5, 0.6) is 0 Å². The van der Waals surface area contributed by atoms with Gasteiger partial charge in [-0.2, -0.15) is 10.4 Å². The van der Waals surface area contributed by atoms with Gasteiger partial charge in [0.15, 0.2) is 0 Å². The zero-order valence-corrected chi connectivity index (χ0v) is 17.1. The number of benzene rings is 1. The van der Waals surface area contributed by atoms with Crippen LogP contribution in [0, 0.1) is 28.6 Å². The van der Waals surface area contributed by atoms with E-state index in [1.807, 2.05) is 31.6 Å². The van der Waals surface area contributed by atoms with Gasteiger partial charge in [-0.3, -0.25) is 9.48 Å². The average Bonchev–Trinajstić information content (AvgIpc) is 3.69. The van der Waals surface area contributed by atoms with Crippen LogP contribution in [0.2, 0.25) is 0 Å². The number of amides is 1. The van der Waals surface area contributed by atoms with Crippen molar-refractivity contribution in [3.05, 3.63) is 54.0 Å². The van der Waals surface area contributed by atoms with Gasteiger partial charge in [-0.15, -0.1) is 0 Å². The van der Waals surface area contributed by atoms with Crippen molar-refractivity contribution in [2.24, 2.45) is 24.3 Å². The third-order valence-electron chi connectivity index (χ3n) is 7.69. The molecule has 0 aliphatic heterocycles. The smallest absolute Gasteiger partial charge is 0.229 e. The summed E-state index contributed by atoms with van der Waals surface area (Å²) in [6.45, 7) is 2.10. The van der Waals surface area contributed by atoms with Gasteiger partial charge in [-0.05, 0) is 59.2 Å². The molecule has 6 rings (SSSR count). The Kier molecular flexibility index (Phi) is 3.35. The molecular weight excluding hydrogens is 374 g/mol. The highest BCUT2D eigenvalue weighted by Gasteiger charge is 2.75. The van der Waals surface area contributed by atoms with Crippen LogP contribution in [0.1, 0.15) is 43.2 Å². The zero-order chi connectivity index (χ0) is 20.7. The molecule has 1 aromatic carbocycles. The van der Waals surface area contributed by atoms with Crippen LogP contribution in [-0.2, 0) is 17.3 Å². The van der Waals surface area contributed by atoms with Crippen molar-refractivity contribution in [2.45, 2.75) is 37.5 Å². The number of nitriles is 1. The Morgan fingerprint density at radius 2 is 2.10 bits per heavy atom. The molecule has 0 radical (unpaired) electrons. The lowest BCUT2D eigenvalue weighted by molar-refractivity contribution is -0.117. The molecule has 30 heavy (non-hydrogen) atoms. The maximum Gasteiger partial charge on any atom is 0.229 e. The first-order chi connectivity index (χ1) is 14.5. The topological polar surface area (TPSA) is 83.6 Å². The molecule has 1 N–H and O–H groups in total. The number of nitrogens with zero attached hydrogens (tertiary/aromatic N) is 4. The Morgan fingerprint density at radius 1 is 1.27 bits per heavy atom. The lowest BCUT2D eigenvalue weighted by Gasteiger charge is -2.11. The fourth-order valence-electron chi connectivity index (χ4n) is 5.52. The molecule has 1 spiro atoms. The van der Waals surface area contributed by atoms with Gasteiger partial charge in [0, 0.05) is 36.7 Å². The van der Waals surface area contributed by atoms with Crippen molar-refractivity contribution >= 4 is 22.5 Å². The van der Waals surface area contributed by atoms with E-state index in [1.165, 1.54) is 0 Å². The van der Waals surface area contributed by atoms with Crippen LogP contribution in [0.25, 0.3) is 10.8 Å². The normalized spacial score (nSPS) is 30.1. The van der Waals surface area contributed by atoms with E-state index >= 15 is 0 Å². The van der Waals surface area contributed by atoms with Crippen LogP contribution in [0.4, 0.5) is 5.82 Å². The van der Waals surface area contributed by atoms with E-state index in [9.17, 15) is 10.1 Å². The molecular formula is C24H23N5O. The Bertz CT molecular complexity index is 1250. The van der Waals surface area contributed by atoms with E-state index in [2.05, 4.69) is 40.5 Å². The molecule has 6 heteroatoms. The van der Waals surface area contributed by atoms with Crippen molar-refractivity contribution in [3.63, 3.8) is 0 Å². The minimum absolute atomic E-state index is 0.00646. The van der Waals surface area contributed by atoms with Crippen molar-refractivity contribution < 1.29 is 4.79 Å². The molecule has 0 unspecified atom stereocenters. The van der Waals surface area contributed by atoms with Gasteiger partial charge in [0.2, 0.25) is 5.91 Å². The van der Waals surface area contributed by atoms with Crippen LogP contribution in [0.15, 0.2) is 42.9 Å². The number of pyridine rings is 1. The Labute approximate surface area is 174 Å². The number of fused-ring (bicyclic) bond motifs is 1. The lowest BCUT2D eigenvalue weighted by atomic mass is 9.92. The highest BCUT2D eigenvalue weighted by molar-refractivity contribution is 5.96. The van der Waals surface area contributed by atoms with E-state index in [4.69, 9.17) is 0 Å². The first-order valence-electron chi connectivity index (χ1n) is 10.6. The summed E-state index contributed by atoms with van der Waals surface area (Å²) < 4.78 is 1.78. The van der Waals surface area contributed by atoms with Gasteiger partial charge in [0.05, 0.1) is 17.7 Å². The summed E-state index contributed by atoms with van der Waals surface area (Å²) in [5.41, 5.74) is 2.14. The molecule has 0 bridgehead atoms. The first-order valence-corrected chi connectivity index (χ1v) is 10.6. The number of hydrogen-bond acceptors (Lipinski definition) is 4. The number of rotatable bonds is 4. The molecule has 6 nitrogen and oxygen atoms in total. The SMILES string of the molecule is C[C@@H]1[C@H](C(=O)Nc2cc3cc([C@@]4(C#N)CC45CC5)ccc3cn2)[C@H]1c1cnn(C)c1. The minimum atomic E-state index is -0.311. The third-order valence-corrected chi connectivity index (χ3v) is 7.69. The fraction of sp³-hybridized carbons (Fsp3) is 0.417. The highest BCUT2D eigenvalue weighted by atomic mass is 16.2. The molecule has 0 saturated heterocycles. The Hall–Kier alpha value is -3.20. The van der Waals surface area contributed by atoms with E-state index in [-0.39, 0.29) is 28.6 Å². The Morgan fingerprint density at radius 3 is 2.77 bits per heavy atom. The molecule has 3 aromatic rings. The fourth-order valence-corrected chi connectivity index (χ4v) is 5.52. The minimum Gasteiger partial charge on any atom is -0.310 e. The van der Waals surface area contributed by atoms with E-state index in [1.54, 1.807) is 10.9 Å². The number of aromatic nitrogens is 3. The van der Waals surface area contributed by atoms with Crippen molar-refractivity contribution in [3.8, 4) is 6.07 Å². The standard InChI is InChI=1S/C24H23N5O/c1-14-20(17-10-27-29(2)11-17)21(14)22(30)28-19-8-16-7-18(4-3-15(16)9-26-19)24(13-25)12-23(24)5-6-23/h3-4,7-11,14,20-21H,5-6,12H2,1-2H3,(H,26,28,30)/t14-,20+,21-,24-/m0/s1. The predicted molar refractivity (Wildman–Crippen MR) is 113 cm³/mol. The quantitative estimate of drug-likeness (QED) is 0.724. The predicted octanol–water partition coefficient (Wildman–Crippen LogP) is 3.90. The summed E-state index contributed by atoms with van der Waals surface area (Å²) in [7, 11) is 1.89. The van der Waals surface area contributed by atoms with Crippen molar-refractivity contribution in [2.75, 3.05) is 5.32 Å². The van der Waals surface area contributed by atoms with Crippen LogP contribution in [-0.4, -0.2) is 20.7 Å². The molecule has 3 saturated carbocycles. The van der Waals surface area contributed by atoms with Gasteiger partial charge in [0.1, 0.15) is 5.82 Å². The second-order valence-corrected chi connectivity index (χ2v) is 9.45. The number of carbonyl (C=O) groups is 1. The van der Waals surface area contributed by atoms with Crippen LogP contribution >= 0.6 is 0 Å². The van der Waals surface area contributed by atoms with Crippen LogP contribution in [0.3, 0.4) is 0 Å². The van der Waals surface area contributed by atoms with E-state index < -0.39 is 0 Å². The molecule has 2 heterocycles. The summed E-state index contributed by atoms with van der Waals surface area (Å²) in [6, 6.07) is 10.7. The second kappa shape index (κ2) is 5.69. The largest absolute Gasteiger partial charge is 0.310 e. The zero-order valence-electron chi connectivity index (χ0n) is 17.1. The summed E-state index contributed by atoms with van der Waals surface area (Å²) in [5.74, 6) is 1.02. The van der Waals surface area contributed by atoms with Crippen LogP contribution < -0.4 is 5.32 Å². The van der Waals surface area contributed by atoms with Gasteiger partial charge in [-0.1, -0.05) is 19.1 Å². The average molecular weight is 397 g/mol. The summed E-state index contributed by atoms with van der Waals surface area (Å²) >= 11 is 0. The first kappa shape index (κ1) is 17.6. The maximum atomic E-state index is 12.9. The number of hydrogen-bond donors (Lipinski definition) is 1. The maximum absolute atomic E-state index is 12.9. The lowest BCUT2D eigenvalue weighted by Crippen LogP contribution is -2.16. The number of anilines is 1. The highest BCUT2D eigenvalue weighted by Crippen LogP contribution is 2.78. The molecule has 2 aromatic heterocycles. The van der Waals surface area contributed by atoms with E-state index in [0.717, 1.165) is 41.2 Å². The summed E-state index contributed by atoms with van der Waals surface area (Å²) in [5, 5.41) is 19.1. The molecule has 3 aliphatic rings. The number of carbonyl (C=O) groups excluding carboxylic acids is 1. The monoisotopic (exact) mass is 397 g/mol. The van der Waals surface area contributed by atoms with Gasteiger partial charge in [-0.25, -0.2) is 4.98 Å². The third kappa shape index (κ3) is 2.38. The molecule has 4 atom stereocenters. The molecule has 150 valence electrons. The van der Waals surface area contributed by atoms with E-state index in [0.29, 0.717) is 11.7 Å². The summed E-state index contributed by atoms with van der Waals surface area (Å²) in [4.78, 5) is 17.3. The number of nitrogens with one attached hydrogen (secondary N) is 1. The van der Waals surface area contributed by atoms with Crippen molar-refractivity contribution in [1.29, 1.82) is 5.26 Å². The second-order valence-electron chi connectivity index (χ2n) is 9.45.